The molecule has 148 valence electrons. The molecular formula is C23H20O6. The molecule has 0 unspecified atom stereocenters. The predicted molar refractivity (Wildman–Crippen MR) is 110 cm³/mol. The van der Waals surface area contributed by atoms with Crippen molar-refractivity contribution in [3.63, 3.8) is 0 Å². The first-order valence-electron chi connectivity index (χ1n) is 8.96. The standard InChI is InChI=1S/C23H20O6/c1-28-14-7-8-15-16(10-14)22(26)23(27)21-17(9-12-3-5-13(24)6-4-12)18(25)11-19(29-2)20(15)21/h3-8,10-11,24-27H,9H2,1-2H3. The highest BCUT2D eigenvalue weighted by Crippen LogP contribution is 2.50. The number of ether oxygens (including phenoxy) is 2. The highest BCUT2D eigenvalue weighted by molar-refractivity contribution is 6.17. The summed E-state index contributed by atoms with van der Waals surface area (Å²) in [6, 6.07) is 13.2. The number of phenolic OH excluding ortho intramolecular Hbond substituents is 4. The fourth-order valence-electron chi connectivity index (χ4n) is 3.68. The van der Waals surface area contributed by atoms with Gasteiger partial charge in [0.1, 0.15) is 23.0 Å². The fraction of sp³-hybridized carbons (Fsp3) is 0.130. The second-order valence-electron chi connectivity index (χ2n) is 6.78. The SMILES string of the molecule is COc1ccc2c(c1)c(O)c(O)c1c(Cc3ccc(O)cc3)c(O)cc(OC)c12. The lowest BCUT2D eigenvalue weighted by molar-refractivity contribution is 0.405. The Hall–Kier alpha value is -3.80. The van der Waals surface area contributed by atoms with E-state index in [1.807, 2.05) is 0 Å². The van der Waals surface area contributed by atoms with E-state index in [0.29, 0.717) is 38.6 Å². The van der Waals surface area contributed by atoms with Crippen LogP contribution in [0.15, 0.2) is 48.5 Å². The molecule has 0 atom stereocenters. The number of aromatic hydroxyl groups is 4. The maximum absolute atomic E-state index is 10.9. The van der Waals surface area contributed by atoms with Crippen LogP contribution in [0.2, 0.25) is 0 Å². The number of benzene rings is 4. The predicted octanol–water partition coefficient (Wildman–Crippen LogP) is 4.42. The van der Waals surface area contributed by atoms with Gasteiger partial charge >= 0.3 is 0 Å². The van der Waals surface area contributed by atoms with E-state index in [1.54, 1.807) is 42.5 Å². The zero-order chi connectivity index (χ0) is 20.7. The lowest BCUT2D eigenvalue weighted by Crippen LogP contribution is -1.96. The van der Waals surface area contributed by atoms with Crippen LogP contribution in [0.1, 0.15) is 11.1 Å². The Bertz CT molecular complexity index is 1230. The Balaban J connectivity index is 2.09. The molecule has 0 heterocycles. The van der Waals surface area contributed by atoms with Gasteiger partial charge in [-0.25, -0.2) is 0 Å². The second-order valence-corrected chi connectivity index (χ2v) is 6.78. The minimum absolute atomic E-state index is 0.0648. The topological polar surface area (TPSA) is 99.4 Å². The molecule has 4 N–H and O–H groups in total. The molecule has 4 aromatic rings. The molecule has 6 nitrogen and oxygen atoms in total. The van der Waals surface area contributed by atoms with Crippen molar-refractivity contribution in [2.75, 3.05) is 14.2 Å². The van der Waals surface area contributed by atoms with Crippen LogP contribution in [0.25, 0.3) is 21.5 Å². The number of methoxy groups -OCH3 is 2. The van der Waals surface area contributed by atoms with E-state index in [4.69, 9.17) is 9.47 Å². The summed E-state index contributed by atoms with van der Waals surface area (Å²) in [4.78, 5) is 0. The van der Waals surface area contributed by atoms with E-state index in [2.05, 4.69) is 0 Å². The summed E-state index contributed by atoms with van der Waals surface area (Å²) >= 11 is 0. The van der Waals surface area contributed by atoms with E-state index in [0.717, 1.165) is 5.56 Å². The van der Waals surface area contributed by atoms with Crippen molar-refractivity contribution in [3.05, 3.63) is 59.7 Å². The summed E-state index contributed by atoms with van der Waals surface area (Å²) in [7, 11) is 3.00. The lowest BCUT2D eigenvalue weighted by atomic mass is 9.92. The van der Waals surface area contributed by atoms with E-state index >= 15 is 0 Å². The molecule has 29 heavy (non-hydrogen) atoms. The van der Waals surface area contributed by atoms with Gasteiger partial charge in [-0.2, -0.15) is 0 Å². The Morgan fingerprint density at radius 3 is 2.10 bits per heavy atom. The van der Waals surface area contributed by atoms with Gasteiger partial charge in [0.05, 0.1) is 14.2 Å². The van der Waals surface area contributed by atoms with Crippen molar-refractivity contribution in [1.82, 2.24) is 0 Å². The Morgan fingerprint density at radius 1 is 0.724 bits per heavy atom. The molecular weight excluding hydrogens is 372 g/mol. The van der Waals surface area contributed by atoms with Crippen LogP contribution < -0.4 is 9.47 Å². The van der Waals surface area contributed by atoms with Gasteiger partial charge in [-0.1, -0.05) is 12.1 Å². The summed E-state index contributed by atoms with van der Waals surface area (Å²) in [6.45, 7) is 0. The third kappa shape index (κ3) is 2.99. The minimum atomic E-state index is -0.344. The molecule has 4 aromatic carbocycles. The summed E-state index contributed by atoms with van der Waals surface area (Å²) in [5.41, 5.74) is 1.26. The van der Waals surface area contributed by atoms with Crippen LogP contribution in [0.3, 0.4) is 0 Å². The molecule has 0 saturated carbocycles. The quantitative estimate of drug-likeness (QED) is 0.303. The number of hydrogen-bond donors (Lipinski definition) is 4. The van der Waals surface area contributed by atoms with Crippen molar-refractivity contribution in [2.45, 2.75) is 6.42 Å². The number of phenols is 4. The maximum Gasteiger partial charge on any atom is 0.166 e. The fourth-order valence-corrected chi connectivity index (χ4v) is 3.68. The number of rotatable bonds is 4. The van der Waals surface area contributed by atoms with Gasteiger partial charge in [0.25, 0.3) is 0 Å². The van der Waals surface area contributed by atoms with Crippen molar-refractivity contribution in [2.24, 2.45) is 0 Å². The Kier molecular flexibility index (Phi) is 4.47. The normalized spacial score (nSPS) is 11.1. The van der Waals surface area contributed by atoms with Gasteiger partial charge in [-0.15, -0.1) is 0 Å². The first kappa shape index (κ1) is 18.6. The van der Waals surface area contributed by atoms with Crippen LogP contribution in [-0.4, -0.2) is 34.6 Å². The number of hydrogen-bond acceptors (Lipinski definition) is 6. The van der Waals surface area contributed by atoms with E-state index in [1.165, 1.54) is 20.3 Å². The van der Waals surface area contributed by atoms with Gasteiger partial charge < -0.3 is 29.9 Å². The van der Waals surface area contributed by atoms with Crippen LogP contribution in [-0.2, 0) is 6.42 Å². The van der Waals surface area contributed by atoms with E-state index in [9.17, 15) is 20.4 Å². The average molecular weight is 392 g/mol. The molecule has 0 saturated heterocycles. The Morgan fingerprint density at radius 2 is 1.45 bits per heavy atom. The zero-order valence-electron chi connectivity index (χ0n) is 15.9. The van der Waals surface area contributed by atoms with Crippen LogP contribution >= 0.6 is 0 Å². The molecule has 0 bridgehead atoms. The number of fused-ring (bicyclic) bond motifs is 3. The second kappa shape index (κ2) is 6.98. The first-order valence-corrected chi connectivity index (χ1v) is 8.96. The van der Waals surface area contributed by atoms with Crippen molar-refractivity contribution in [3.8, 4) is 34.5 Å². The van der Waals surface area contributed by atoms with Crippen molar-refractivity contribution >= 4 is 21.5 Å². The first-order chi connectivity index (χ1) is 13.9. The molecule has 6 heteroatoms. The van der Waals surface area contributed by atoms with Crippen LogP contribution in [0, 0.1) is 0 Å². The smallest absolute Gasteiger partial charge is 0.166 e. The molecule has 4 rings (SSSR count). The molecule has 0 spiro atoms. The third-order valence-corrected chi connectivity index (χ3v) is 5.12. The monoisotopic (exact) mass is 392 g/mol. The van der Waals surface area contributed by atoms with Crippen molar-refractivity contribution < 1.29 is 29.9 Å². The average Bonchev–Trinajstić information content (AvgIpc) is 2.74. The highest BCUT2D eigenvalue weighted by Gasteiger charge is 2.22. The summed E-state index contributed by atoms with van der Waals surface area (Å²) in [6.07, 6.45) is 0.279. The van der Waals surface area contributed by atoms with Gasteiger partial charge in [-0.3, -0.25) is 0 Å². The maximum atomic E-state index is 10.9. The molecule has 0 fully saturated rings. The minimum Gasteiger partial charge on any atom is -0.508 e. The van der Waals surface area contributed by atoms with Crippen LogP contribution in [0.4, 0.5) is 0 Å². The molecule has 0 aromatic heterocycles. The molecule has 0 aliphatic rings. The molecule has 0 radical (unpaired) electrons. The molecule has 0 aliphatic carbocycles. The lowest BCUT2D eigenvalue weighted by Gasteiger charge is -2.18. The summed E-state index contributed by atoms with van der Waals surface area (Å²) in [5, 5.41) is 43.7. The van der Waals surface area contributed by atoms with Gasteiger partial charge in [0, 0.05) is 34.2 Å². The van der Waals surface area contributed by atoms with Crippen molar-refractivity contribution in [1.29, 1.82) is 0 Å². The highest BCUT2D eigenvalue weighted by atomic mass is 16.5. The van der Waals surface area contributed by atoms with Gasteiger partial charge in [-0.05, 0) is 41.3 Å². The van der Waals surface area contributed by atoms with Gasteiger partial charge in [0.2, 0.25) is 0 Å². The molecule has 0 amide bonds. The van der Waals surface area contributed by atoms with E-state index < -0.39 is 0 Å². The molecule has 0 aliphatic heterocycles. The van der Waals surface area contributed by atoms with Crippen LogP contribution in [0.5, 0.6) is 34.5 Å². The Labute approximate surface area is 166 Å². The summed E-state index contributed by atoms with van der Waals surface area (Å²) in [5.74, 6) is 0.337. The summed E-state index contributed by atoms with van der Waals surface area (Å²) < 4.78 is 10.7. The van der Waals surface area contributed by atoms with Gasteiger partial charge in [0.15, 0.2) is 11.5 Å². The zero-order valence-corrected chi connectivity index (χ0v) is 15.9. The third-order valence-electron chi connectivity index (χ3n) is 5.12. The largest absolute Gasteiger partial charge is 0.508 e. The van der Waals surface area contributed by atoms with E-state index in [-0.39, 0.29) is 29.4 Å².